The van der Waals surface area contributed by atoms with Gasteiger partial charge in [-0.1, -0.05) is 0 Å². The molecular formula is C17H27N3O. The fourth-order valence-electron chi connectivity index (χ4n) is 2.48. The van der Waals surface area contributed by atoms with Gasteiger partial charge in [0.1, 0.15) is 0 Å². The molecule has 0 aliphatic heterocycles. The van der Waals surface area contributed by atoms with E-state index >= 15 is 0 Å². The summed E-state index contributed by atoms with van der Waals surface area (Å²) in [6, 6.07) is 6.06. The number of hydrogen-bond acceptors (Lipinski definition) is 3. The van der Waals surface area contributed by atoms with Crippen LogP contribution in [0.25, 0.3) is 0 Å². The third kappa shape index (κ3) is 5.05. The van der Waals surface area contributed by atoms with E-state index in [0.29, 0.717) is 12.5 Å². The van der Waals surface area contributed by atoms with Crippen molar-refractivity contribution in [1.82, 2.24) is 4.90 Å². The second-order valence-electron chi connectivity index (χ2n) is 6.40. The number of nitrogen functional groups attached to an aromatic ring is 1. The summed E-state index contributed by atoms with van der Waals surface area (Å²) in [6.45, 7) is 8.31. The average Bonchev–Trinajstić information content (AvgIpc) is 3.21. The molecule has 0 spiro atoms. The van der Waals surface area contributed by atoms with E-state index in [-0.39, 0.29) is 5.91 Å². The largest absolute Gasteiger partial charge is 0.399 e. The van der Waals surface area contributed by atoms with Crippen LogP contribution in [0.1, 0.15) is 38.7 Å². The average molecular weight is 289 g/mol. The summed E-state index contributed by atoms with van der Waals surface area (Å²) in [5, 5.41) is 2.98. The van der Waals surface area contributed by atoms with Crippen molar-refractivity contribution < 1.29 is 4.79 Å². The maximum Gasteiger partial charge on any atom is 0.225 e. The molecule has 1 amide bonds. The summed E-state index contributed by atoms with van der Waals surface area (Å²) < 4.78 is 0. The molecule has 1 aliphatic carbocycles. The van der Waals surface area contributed by atoms with Crippen LogP contribution in [0.2, 0.25) is 0 Å². The second-order valence-corrected chi connectivity index (χ2v) is 6.40. The minimum Gasteiger partial charge on any atom is -0.399 e. The summed E-state index contributed by atoms with van der Waals surface area (Å²) in [7, 11) is 0. The van der Waals surface area contributed by atoms with Gasteiger partial charge in [0.15, 0.2) is 0 Å². The lowest BCUT2D eigenvalue weighted by Crippen LogP contribution is -2.35. The van der Waals surface area contributed by atoms with Gasteiger partial charge in [-0.05, 0) is 63.3 Å². The number of benzene rings is 1. The van der Waals surface area contributed by atoms with Gasteiger partial charge in [0, 0.05) is 36.9 Å². The third-order valence-electron chi connectivity index (χ3n) is 4.07. The number of amides is 1. The SMILES string of the molecule is Cc1cc(N)ccc1NC(=O)CCN(CC1CC1)C(C)C. The number of carbonyl (C=O) groups is 1. The number of nitrogens with two attached hydrogens (primary N) is 1. The summed E-state index contributed by atoms with van der Waals surface area (Å²) in [6.07, 6.45) is 3.23. The lowest BCUT2D eigenvalue weighted by molar-refractivity contribution is -0.116. The van der Waals surface area contributed by atoms with Crippen LogP contribution < -0.4 is 11.1 Å². The van der Waals surface area contributed by atoms with E-state index in [0.717, 1.165) is 35.9 Å². The van der Waals surface area contributed by atoms with Crippen molar-refractivity contribution >= 4 is 17.3 Å². The first-order valence-electron chi connectivity index (χ1n) is 7.85. The van der Waals surface area contributed by atoms with Crippen LogP contribution in [0.15, 0.2) is 18.2 Å². The molecule has 4 heteroatoms. The zero-order chi connectivity index (χ0) is 15.4. The van der Waals surface area contributed by atoms with E-state index < -0.39 is 0 Å². The van der Waals surface area contributed by atoms with Gasteiger partial charge in [-0.25, -0.2) is 0 Å². The number of nitrogens with zero attached hydrogens (tertiary/aromatic N) is 1. The van der Waals surface area contributed by atoms with Crippen molar-refractivity contribution in [2.75, 3.05) is 24.1 Å². The normalized spacial score (nSPS) is 14.7. The summed E-state index contributed by atoms with van der Waals surface area (Å²) >= 11 is 0. The van der Waals surface area contributed by atoms with Gasteiger partial charge in [0.05, 0.1) is 0 Å². The van der Waals surface area contributed by atoms with Gasteiger partial charge in [0.2, 0.25) is 5.91 Å². The van der Waals surface area contributed by atoms with E-state index in [4.69, 9.17) is 5.73 Å². The Kier molecular flexibility index (Phi) is 5.23. The molecule has 116 valence electrons. The molecule has 1 aliphatic rings. The van der Waals surface area contributed by atoms with Gasteiger partial charge < -0.3 is 16.0 Å². The Morgan fingerprint density at radius 3 is 2.71 bits per heavy atom. The van der Waals surface area contributed by atoms with Crippen molar-refractivity contribution in [3.63, 3.8) is 0 Å². The predicted molar refractivity (Wildman–Crippen MR) is 88.3 cm³/mol. The van der Waals surface area contributed by atoms with Crippen LogP contribution in [-0.2, 0) is 4.79 Å². The topological polar surface area (TPSA) is 58.4 Å². The minimum atomic E-state index is 0.0734. The summed E-state index contributed by atoms with van der Waals surface area (Å²) in [5.41, 5.74) is 8.30. The van der Waals surface area contributed by atoms with E-state index in [1.54, 1.807) is 0 Å². The van der Waals surface area contributed by atoms with Gasteiger partial charge in [-0.15, -0.1) is 0 Å². The van der Waals surface area contributed by atoms with Crippen molar-refractivity contribution in [3.05, 3.63) is 23.8 Å². The molecule has 1 aromatic rings. The molecule has 4 nitrogen and oxygen atoms in total. The Bertz CT molecular complexity index is 495. The molecule has 0 saturated heterocycles. The lowest BCUT2D eigenvalue weighted by atomic mass is 10.1. The first kappa shape index (κ1) is 15.8. The van der Waals surface area contributed by atoms with Crippen LogP contribution in [-0.4, -0.2) is 29.9 Å². The molecule has 1 saturated carbocycles. The molecular weight excluding hydrogens is 262 g/mol. The minimum absolute atomic E-state index is 0.0734. The number of anilines is 2. The molecule has 0 bridgehead atoms. The highest BCUT2D eigenvalue weighted by atomic mass is 16.1. The van der Waals surface area contributed by atoms with Crippen LogP contribution in [0, 0.1) is 12.8 Å². The van der Waals surface area contributed by atoms with Crippen molar-refractivity contribution in [3.8, 4) is 0 Å². The van der Waals surface area contributed by atoms with Crippen LogP contribution >= 0.6 is 0 Å². The monoisotopic (exact) mass is 289 g/mol. The molecule has 1 aromatic carbocycles. The molecule has 0 heterocycles. The van der Waals surface area contributed by atoms with Crippen molar-refractivity contribution in [1.29, 1.82) is 0 Å². The van der Waals surface area contributed by atoms with Crippen LogP contribution in [0.3, 0.4) is 0 Å². The van der Waals surface area contributed by atoms with Gasteiger partial charge in [-0.3, -0.25) is 4.79 Å². The summed E-state index contributed by atoms with van der Waals surface area (Å²) in [5.74, 6) is 0.930. The van der Waals surface area contributed by atoms with Crippen molar-refractivity contribution in [2.24, 2.45) is 5.92 Å². The highest BCUT2D eigenvalue weighted by Gasteiger charge is 2.25. The van der Waals surface area contributed by atoms with E-state index in [1.165, 1.54) is 12.8 Å². The molecule has 21 heavy (non-hydrogen) atoms. The van der Waals surface area contributed by atoms with Crippen molar-refractivity contribution in [2.45, 2.75) is 46.1 Å². The quantitative estimate of drug-likeness (QED) is 0.759. The molecule has 2 rings (SSSR count). The fraction of sp³-hybridized carbons (Fsp3) is 0.588. The molecule has 0 radical (unpaired) electrons. The number of rotatable bonds is 7. The Balaban J connectivity index is 1.82. The Morgan fingerprint density at radius 1 is 1.43 bits per heavy atom. The van der Waals surface area contributed by atoms with Gasteiger partial charge in [-0.2, -0.15) is 0 Å². The molecule has 3 N–H and O–H groups in total. The highest BCUT2D eigenvalue weighted by Crippen LogP contribution is 2.30. The maximum atomic E-state index is 12.1. The smallest absolute Gasteiger partial charge is 0.225 e. The third-order valence-corrected chi connectivity index (χ3v) is 4.07. The Hall–Kier alpha value is -1.55. The molecule has 0 unspecified atom stereocenters. The number of aryl methyl sites for hydroxylation is 1. The Morgan fingerprint density at radius 2 is 2.14 bits per heavy atom. The molecule has 1 fully saturated rings. The van der Waals surface area contributed by atoms with E-state index in [2.05, 4.69) is 24.1 Å². The standard InChI is InChI=1S/C17H27N3O/c1-12(2)20(11-14-4-5-14)9-8-17(21)19-16-7-6-15(18)10-13(16)3/h6-7,10,12,14H,4-5,8-9,11,18H2,1-3H3,(H,19,21). The number of nitrogens with one attached hydrogen (secondary N) is 1. The number of carbonyl (C=O) groups excluding carboxylic acids is 1. The van der Waals surface area contributed by atoms with Gasteiger partial charge in [0.25, 0.3) is 0 Å². The second kappa shape index (κ2) is 6.94. The molecule has 0 aromatic heterocycles. The van der Waals surface area contributed by atoms with E-state index in [1.807, 2.05) is 25.1 Å². The van der Waals surface area contributed by atoms with Crippen LogP contribution in [0.5, 0.6) is 0 Å². The maximum absolute atomic E-state index is 12.1. The number of hydrogen-bond donors (Lipinski definition) is 2. The zero-order valence-electron chi connectivity index (χ0n) is 13.4. The zero-order valence-corrected chi connectivity index (χ0v) is 13.4. The first-order valence-corrected chi connectivity index (χ1v) is 7.85. The van der Waals surface area contributed by atoms with E-state index in [9.17, 15) is 4.79 Å². The lowest BCUT2D eigenvalue weighted by Gasteiger charge is -2.26. The highest BCUT2D eigenvalue weighted by molar-refractivity contribution is 5.91. The predicted octanol–water partition coefficient (Wildman–Crippen LogP) is 3.03. The van der Waals surface area contributed by atoms with Crippen LogP contribution in [0.4, 0.5) is 11.4 Å². The van der Waals surface area contributed by atoms with Gasteiger partial charge >= 0.3 is 0 Å². The first-order chi connectivity index (χ1) is 9.95. The summed E-state index contributed by atoms with van der Waals surface area (Å²) in [4.78, 5) is 14.5. The molecule has 0 atom stereocenters. The fourth-order valence-corrected chi connectivity index (χ4v) is 2.48. The Labute approximate surface area is 127 Å².